The van der Waals surface area contributed by atoms with Crippen molar-refractivity contribution in [3.8, 4) is 0 Å². The maximum absolute atomic E-state index is 5.47. The van der Waals surface area contributed by atoms with Gasteiger partial charge in [-0.25, -0.2) is 0 Å². The summed E-state index contributed by atoms with van der Waals surface area (Å²) in [5.74, 6) is 0. The first kappa shape index (κ1) is 7.88. The lowest BCUT2D eigenvalue weighted by molar-refractivity contribution is 0.554. The highest BCUT2D eigenvalue weighted by molar-refractivity contribution is 4.66. The van der Waals surface area contributed by atoms with Crippen LogP contribution in [0.4, 0.5) is 0 Å². The minimum Gasteiger partial charge on any atom is -0.329 e. The Balaban J connectivity index is 3.10. The Morgan fingerprint density at radius 3 is 2.00 bits per heavy atom. The van der Waals surface area contributed by atoms with Gasteiger partial charge in [0.15, 0.2) is 0 Å². The standard InChI is InChI=1S/C5H15N3/c1-4(7)2-5(8)3-6/h4-5H,2-3,6-8H2,1H3. The van der Waals surface area contributed by atoms with Crippen LogP contribution in [0.3, 0.4) is 0 Å². The van der Waals surface area contributed by atoms with Crippen LogP contribution in [0.1, 0.15) is 13.3 Å². The maximum atomic E-state index is 5.47. The van der Waals surface area contributed by atoms with E-state index in [4.69, 9.17) is 17.2 Å². The summed E-state index contributed by atoms with van der Waals surface area (Å²) in [4.78, 5) is 0. The van der Waals surface area contributed by atoms with E-state index < -0.39 is 0 Å². The summed E-state index contributed by atoms with van der Waals surface area (Å²) in [5, 5.41) is 0. The van der Waals surface area contributed by atoms with Crippen LogP contribution in [-0.4, -0.2) is 18.6 Å². The second-order valence-corrected chi connectivity index (χ2v) is 2.21. The van der Waals surface area contributed by atoms with E-state index in [-0.39, 0.29) is 12.1 Å². The topological polar surface area (TPSA) is 78.1 Å². The molecule has 0 aromatic carbocycles. The van der Waals surface area contributed by atoms with Crippen molar-refractivity contribution in [1.29, 1.82) is 0 Å². The van der Waals surface area contributed by atoms with Gasteiger partial charge in [0, 0.05) is 18.6 Å². The van der Waals surface area contributed by atoms with Gasteiger partial charge in [-0.2, -0.15) is 0 Å². The Morgan fingerprint density at radius 1 is 1.38 bits per heavy atom. The van der Waals surface area contributed by atoms with Crippen molar-refractivity contribution in [2.24, 2.45) is 17.2 Å². The summed E-state index contributed by atoms with van der Waals surface area (Å²) in [7, 11) is 0. The Kier molecular flexibility index (Phi) is 3.77. The molecule has 0 bridgehead atoms. The van der Waals surface area contributed by atoms with E-state index in [2.05, 4.69) is 0 Å². The van der Waals surface area contributed by atoms with Crippen molar-refractivity contribution in [3.63, 3.8) is 0 Å². The molecule has 0 aromatic heterocycles. The van der Waals surface area contributed by atoms with Crippen molar-refractivity contribution >= 4 is 0 Å². The zero-order valence-corrected chi connectivity index (χ0v) is 5.30. The fraction of sp³-hybridized carbons (Fsp3) is 1.00. The van der Waals surface area contributed by atoms with Crippen molar-refractivity contribution in [2.75, 3.05) is 6.54 Å². The molecule has 0 radical (unpaired) electrons. The molecule has 0 saturated heterocycles. The van der Waals surface area contributed by atoms with Gasteiger partial charge in [-0.3, -0.25) is 0 Å². The second-order valence-electron chi connectivity index (χ2n) is 2.21. The third kappa shape index (κ3) is 4.05. The zero-order chi connectivity index (χ0) is 6.57. The predicted octanol–water partition coefficient (Wildman–Crippen LogP) is -0.990. The fourth-order valence-corrected chi connectivity index (χ4v) is 0.574. The number of rotatable bonds is 3. The zero-order valence-electron chi connectivity index (χ0n) is 5.30. The van der Waals surface area contributed by atoms with Gasteiger partial charge in [-0.1, -0.05) is 0 Å². The Hall–Kier alpha value is -0.120. The highest BCUT2D eigenvalue weighted by atomic mass is 14.7. The van der Waals surface area contributed by atoms with Gasteiger partial charge in [0.2, 0.25) is 0 Å². The molecule has 0 amide bonds. The molecule has 0 saturated carbocycles. The molecular weight excluding hydrogens is 102 g/mol. The van der Waals surface area contributed by atoms with Gasteiger partial charge in [0.25, 0.3) is 0 Å². The molecule has 3 heteroatoms. The van der Waals surface area contributed by atoms with Crippen LogP contribution in [0.15, 0.2) is 0 Å². The molecule has 50 valence electrons. The summed E-state index contributed by atoms with van der Waals surface area (Å²) in [6.45, 7) is 2.46. The average Bonchev–Trinajstić information content (AvgIpc) is 1.65. The molecule has 0 aromatic rings. The maximum Gasteiger partial charge on any atom is 0.0177 e. The lowest BCUT2D eigenvalue weighted by atomic mass is 10.1. The van der Waals surface area contributed by atoms with E-state index in [1.165, 1.54) is 0 Å². The number of hydrogen-bond donors (Lipinski definition) is 3. The van der Waals surface area contributed by atoms with E-state index in [1.54, 1.807) is 0 Å². The van der Waals surface area contributed by atoms with Crippen LogP contribution in [0.2, 0.25) is 0 Å². The molecule has 0 aliphatic rings. The largest absolute Gasteiger partial charge is 0.329 e. The smallest absolute Gasteiger partial charge is 0.0177 e. The monoisotopic (exact) mass is 117 g/mol. The van der Waals surface area contributed by atoms with Gasteiger partial charge in [0.1, 0.15) is 0 Å². The van der Waals surface area contributed by atoms with Gasteiger partial charge in [-0.15, -0.1) is 0 Å². The fourth-order valence-electron chi connectivity index (χ4n) is 0.574. The minimum atomic E-state index is 0.0787. The Morgan fingerprint density at radius 2 is 1.88 bits per heavy atom. The Bertz CT molecular complexity index is 53.6. The van der Waals surface area contributed by atoms with Gasteiger partial charge in [-0.05, 0) is 13.3 Å². The molecule has 6 N–H and O–H groups in total. The summed E-state index contributed by atoms with van der Waals surface area (Å²) >= 11 is 0. The van der Waals surface area contributed by atoms with Crippen LogP contribution >= 0.6 is 0 Å². The molecule has 8 heavy (non-hydrogen) atoms. The molecule has 0 spiro atoms. The minimum absolute atomic E-state index is 0.0787. The van der Waals surface area contributed by atoms with Crippen LogP contribution in [0.5, 0.6) is 0 Å². The molecule has 0 fully saturated rings. The molecule has 0 aliphatic carbocycles. The van der Waals surface area contributed by atoms with E-state index >= 15 is 0 Å². The van der Waals surface area contributed by atoms with Gasteiger partial charge >= 0.3 is 0 Å². The van der Waals surface area contributed by atoms with Gasteiger partial charge in [0.05, 0.1) is 0 Å². The molecule has 2 atom stereocenters. The SMILES string of the molecule is CC(N)CC(N)CN. The van der Waals surface area contributed by atoms with E-state index in [0.29, 0.717) is 6.54 Å². The summed E-state index contributed by atoms with van der Waals surface area (Å²) in [5.41, 5.74) is 16.1. The first-order valence-corrected chi connectivity index (χ1v) is 2.88. The predicted molar refractivity (Wildman–Crippen MR) is 35.3 cm³/mol. The van der Waals surface area contributed by atoms with E-state index in [1.807, 2.05) is 6.92 Å². The normalized spacial score (nSPS) is 18.0. The second kappa shape index (κ2) is 3.83. The molecule has 0 aliphatic heterocycles. The van der Waals surface area contributed by atoms with Crippen molar-refractivity contribution in [3.05, 3.63) is 0 Å². The van der Waals surface area contributed by atoms with Crippen LogP contribution < -0.4 is 17.2 Å². The lowest BCUT2D eigenvalue weighted by Gasteiger charge is -2.09. The summed E-state index contributed by atoms with van der Waals surface area (Å²) < 4.78 is 0. The summed E-state index contributed by atoms with van der Waals surface area (Å²) in [6, 6.07) is 0.253. The molecular formula is C5H15N3. The quantitative estimate of drug-likeness (QED) is 0.444. The first-order valence-electron chi connectivity index (χ1n) is 2.88. The molecule has 0 heterocycles. The highest BCUT2D eigenvalue weighted by Crippen LogP contribution is 1.88. The lowest BCUT2D eigenvalue weighted by Crippen LogP contribution is -2.35. The molecule has 2 unspecified atom stereocenters. The first-order chi connectivity index (χ1) is 3.66. The Labute approximate surface area is 50.2 Å². The van der Waals surface area contributed by atoms with Crippen LogP contribution in [0, 0.1) is 0 Å². The third-order valence-corrected chi connectivity index (χ3v) is 0.977. The van der Waals surface area contributed by atoms with Crippen LogP contribution in [0.25, 0.3) is 0 Å². The van der Waals surface area contributed by atoms with Crippen molar-refractivity contribution in [2.45, 2.75) is 25.4 Å². The number of nitrogens with two attached hydrogens (primary N) is 3. The van der Waals surface area contributed by atoms with Crippen molar-refractivity contribution in [1.82, 2.24) is 0 Å². The summed E-state index contributed by atoms with van der Waals surface area (Å²) in [6.07, 6.45) is 0.816. The van der Waals surface area contributed by atoms with Gasteiger partial charge < -0.3 is 17.2 Å². The average molecular weight is 117 g/mol. The van der Waals surface area contributed by atoms with E-state index in [0.717, 1.165) is 6.42 Å². The van der Waals surface area contributed by atoms with E-state index in [9.17, 15) is 0 Å². The highest BCUT2D eigenvalue weighted by Gasteiger charge is 2.00. The number of hydrogen-bond acceptors (Lipinski definition) is 3. The van der Waals surface area contributed by atoms with Crippen molar-refractivity contribution < 1.29 is 0 Å². The van der Waals surface area contributed by atoms with Crippen LogP contribution in [-0.2, 0) is 0 Å². The third-order valence-electron chi connectivity index (χ3n) is 0.977. The molecule has 3 nitrogen and oxygen atoms in total. The molecule has 0 rings (SSSR count).